The summed E-state index contributed by atoms with van der Waals surface area (Å²) in [7, 11) is 0. The van der Waals surface area contributed by atoms with E-state index in [0.29, 0.717) is 31.2 Å². The Labute approximate surface area is 147 Å². The summed E-state index contributed by atoms with van der Waals surface area (Å²) < 4.78 is 4.95. The van der Waals surface area contributed by atoms with Crippen molar-refractivity contribution in [1.82, 2.24) is 4.90 Å². The molecule has 136 valence electrons. The van der Waals surface area contributed by atoms with E-state index < -0.39 is 6.04 Å². The molecule has 0 saturated carbocycles. The molecule has 0 aromatic heterocycles. The zero-order chi connectivity index (χ0) is 18.3. The number of rotatable bonds is 9. The first kappa shape index (κ1) is 20.7. The second-order valence-corrected chi connectivity index (χ2v) is 7.07. The lowest BCUT2D eigenvalue weighted by molar-refractivity contribution is -0.144. The number of nitrogens with zero attached hydrogens (tertiary/aromatic N) is 1. The average Bonchev–Trinajstić information content (AvgIpc) is 2.48. The van der Waals surface area contributed by atoms with Gasteiger partial charge in [-0.15, -0.1) is 0 Å². The van der Waals surface area contributed by atoms with Gasteiger partial charge in [-0.25, -0.2) is 0 Å². The van der Waals surface area contributed by atoms with Gasteiger partial charge in [-0.2, -0.15) is 0 Å². The summed E-state index contributed by atoms with van der Waals surface area (Å²) in [5.41, 5.74) is 8.25. The van der Waals surface area contributed by atoms with Crippen molar-refractivity contribution in [3.63, 3.8) is 0 Å². The average molecular weight is 335 g/mol. The minimum absolute atomic E-state index is 0.334. The van der Waals surface area contributed by atoms with Crippen molar-refractivity contribution in [2.75, 3.05) is 6.61 Å². The van der Waals surface area contributed by atoms with E-state index in [-0.39, 0.29) is 5.97 Å². The van der Waals surface area contributed by atoms with Crippen LogP contribution in [0.2, 0.25) is 0 Å². The number of nitrogens with two attached hydrogens (primary N) is 1. The molecular weight excluding hydrogens is 300 g/mol. The normalized spacial score (nSPS) is 14.2. The maximum absolute atomic E-state index is 11.6. The third kappa shape index (κ3) is 6.25. The summed E-state index contributed by atoms with van der Waals surface area (Å²) in [6, 6.07) is 9.37. The van der Waals surface area contributed by atoms with E-state index in [2.05, 4.69) is 63.8 Å². The van der Waals surface area contributed by atoms with E-state index in [1.165, 1.54) is 5.56 Å². The smallest absolute Gasteiger partial charge is 0.323 e. The Hall–Kier alpha value is -1.39. The molecule has 0 bridgehead atoms. The van der Waals surface area contributed by atoms with Crippen LogP contribution in [-0.2, 0) is 22.4 Å². The van der Waals surface area contributed by atoms with Gasteiger partial charge in [0.2, 0.25) is 0 Å². The van der Waals surface area contributed by atoms with Crippen molar-refractivity contribution in [2.45, 2.75) is 78.6 Å². The van der Waals surface area contributed by atoms with Gasteiger partial charge in [-0.3, -0.25) is 9.69 Å². The molecule has 0 aliphatic heterocycles. The molecule has 1 aromatic carbocycles. The summed E-state index contributed by atoms with van der Waals surface area (Å²) in [5, 5.41) is 0. The highest BCUT2D eigenvalue weighted by Crippen LogP contribution is 2.16. The molecular formula is C20H34N2O2. The highest BCUT2D eigenvalue weighted by Gasteiger charge is 2.20. The fourth-order valence-corrected chi connectivity index (χ4v) is 3.46. The van der Waals surface area contributed by atoms with Crippen LogP contribution in [0.4, 0.5) is 0 Å². The maximum Gasteiger partial charge on any atom is 0.323 e. The van der Waals surface area contributed by atoms with E-state index in [1.54, 1.807) is 6.92 Å². The summed E-state index contributed by atoms with van der Waals surface area (Å²) in [6.45, 7) is 13.4. The first-order valence-corrected chi connectivity index (χ1v) is 9.03. The highest BCUT2D eigenvalue weighted by atomic mass is 16.5. The van der Waals surface area contributed by atoms with Crippen molar-refractivity contribution in [1.29, 1.82) is 0 Å². The molecule has 1 rings (SSSR count). The molecule has 0 radical (unpaired) electrons. The first-order valence-electron chi connectivity index (χ1n) is 9.03. The van der Waals surface area contributed by atoms with Crippen LogP contribution in [0.25, 0.3) is 0 Å². The van der Waals surface area contributed by atoms with Crippen LogP contribution >= 0.6 is 0 Å². The molecule has 0 spiro atoms. The van der Waals surface area contributed by atoms with Crippen molar-refractivity contribution in [2.24, 2.45) is 5.73 Å². The molecule has 1 aromatic rings. The zero-order valence-electron chi connectivity index (χ0n) is 16.1. The Kier molecular flexibility index (Phi) is 8.43. The van der Waals surface area contributed by atoms with Crippen LogP contribution in [0.1, 0.15) is 52.7 Å². The van der Waals surface area contributed by atoms with Gasteiger partial charge in [-0.05, 0) is 65.5 Å². The van der Waals surface area contributed by atoms with Gasteiger partial charge >= 0.3 is 5.97 Å². The lowest BCUT2D eigenvalue weighted by Crippen LogP contribution is -2.44. The summed E-state index contributed by atoms with van der Waals surface area (Å²) >= 11 is 0. The molecule has 0 aliphatic carbocycles. The van der Waals surface area contributed by atoms with Gasteiger partial charge in [0.15, 0.2) is 0 Å². The van der Waals surface area contributed by atoms with Crippen molar-refractivity contribution >= 4 is 5.97 Å². The molecule has 24 heavy (non-hydrogen) atoms. The predicted molar refractivity (Wildman–Crippen MR) is 100 cm³/mol. The standard InChI is InChI=1S/C20H34N2O2/c1-7-24-20(23)19(21)13-18-10-8-17(9-11-18)12-16(6)22(14(2)3)15(4)5/h8-11,14-16,19H,7,12-13,21H2,1-6H3. The Morgan fingerprint density at radius 3 is 1.88 bits per heavy atom. The number of ether oxygens (including phenoxy) is 1. The Morgan fingerprint density at radius 2 is 1.46 bits per heavy atom. The number of carbonyl (C=O) groups is 1. The van der Waals surface area contributed by atoms with Crippen LogP contribution < -0.4 is 5.73 Å². The molecule has 4 nitrogen and oxygen atoms in total. The molecule has 0 fully saturated rings. The minimum Gasteiger partial charge on any atom is -0.465 e. The maximum atomic E-state index is 11.6. The molecule has 0 aliphatic rings. The van der Waals surface area contributed by atoms with E-state index in [1.807, 2.05) is 0 Å². The number of carbonyl (C=O) groups excluding carboxylic acids is 1. The van der Waals surface area contributed by atoms with Crippen LogP contribution in [0, 0.1) is 0 Å². The molecule has 4 heteroatoms. The van der Waals surface area contributed by atoms with Crippen molar-refractivity contribution < 1.29 is 9.53 Å². The number of hydrogen-bond acceptors (Lipinski definition) is 4. The van der Waals surface area contributed by atoms with Gasteiger partial charge in [0.25, 0.3) is 0 Å². The lowest BCUT2D eigenvalue weighted by Gasteiger charge is -2.36. The van der Waals surface area contributed by atoms with Gasteiger partial charge in [0.05, 0.1) is 6.61 Å². The summed E-state index contributed by atoms with van der Waals surface area (Å²) in [6.07, 6.45) is 1.53. The zero-order valence-corrected chi connectivity index (χ0v) is 16.1. The number of benzene rings is 1. The first-order chi connectivity index (χ1) is 11.3. The summed E-state index contributed by atoms with van der Waals surface area (Å²) in [4.78, 5) is 14.1. The van der Waals surface area contributed by atoms with Crippen molar-refractivity contribution in [3.8, 4) is 0 Å². The Morgan fingerprint density at radius 1 is 1.00 bits per heavy atom. The van der Waals surface area contributed by atoms with Crippen LogP contribution in [-0.4, -0.2) is 41.6 Å². The van der Waals surface area contributed by atoms with E-state index >= 15 is 0 Å². The van der Waals surface area contributed by atoms with E-state index in [9.17, 15) is 4.79 Å². The highest BCUT2D eigenvalue weighted by molar-refractivity contribution is 5.75. The van der Waals surface area contributed by atoms with Gasteiger partial charge in [-0.1, -0.05) is 24.3 Å². The SMILES string of the molecule is CCOC(=O)C(N)Cc1ccc(CC(C)N(C(C)C)C(C)C)cc1. The van der Waals surface area contributed by atoms with Crippen LogP contribution in [0.15, 0.2) is 24.3 Å². The largest absolute Gasteiger partial charge is 0.465 e. The van der Waals surface area contributed by atoms with Gasteiger partial charge in [0, 0.05) is 18.1 Å². The quantitative estimate of drug-likeness (QED) is 0.705. The topological polar surface area (TPSA) is 55.6 Å². The number of hydrogen-bond donors (Lipinski definition) is 1. The van der Waals surface area contributed by atoms with Gasteiger partial charge in [0.1, 0.15) is 6.04 Å². The fraction of sp³-hybridized carbons (Fsp3) is 0.650. The van der Waals surface area contributed by atoms with E-state index in [4.69, 9.17) is 10.5 Å². The fourth-order valence-electron chi connectivity index (χ4n) is 3.46. The van der Waals surface area contributed by atoms with Crippen LogP contribution in [0.3, 0.4) is 0 Å². The van der Waals surface area contributed by atoms with Crippen LogP contribution in [0.5, 0.6) is 0 Å². The molecule has 2 unspecified atom stereocenters. The molecule has 2 N–H and O–H groups in total. The monoisotopic (exact) mass is 334 g/mol. The van der Waals surface area contributed by atoms with Crippen molar-refractivity contribution in [3.05, 3.63) is 35.4 Å². The third-order valence-electron chi connectivity index (χ3n) is 4.30. The van der Waals surface area contributed by atoms with Gasteiger partial charge < -0.3 is 10.5 Å². The minimum atomic E-state index is -0.591. The number of esters is 1. The molecule has 0 saturated heterocycles. The predicted octanol–water partition coefficient (Wildman–Crippen LogP) is 3.17. The van der Waals surface area contributed by atoms with E-state index in [0.717, 1.165) is 12.0 Å². The molecule has 2 atom stereocenters. The second kappa shape index (κ2) is 9.80. The molecule has 0 heterocycles. The Balaban J connectivity index is 2.66. The molecule has 0 amide bonds. The Bertz CT molecular complexity index is 489. The summed E-state index contributed by atoms with van der Waals surface area (Å²) in [5.74, 6) is -0.334. The second-order valence-electron chi connectivity index (χ2n) is 7.07. The lowest BCUT2D eigenvalue weighted by atomic mass is 10.00. The third-order valence-corrected chi connectivity index (χ3v) is 4.30.